The van der Waals surface area contributed by atoms with E-state index in [1.165, 1.54) is 4.90 Å². The molecule has 0 aromatic heterocycles. The number of carboxylic acids is 1. The monoisotopic (exact) mass is 341 g/mol. The summed E-state index contributed by atoms with van der Waals surface area (Å²) in [7, 11) is 0. The second-order valence-electron chi connectivity index (χ2n) is 4.82. The predicted molar refractivity (Wildman–Crippen MR) is 66.8 cm³/mol. The van der Waals surface area contributed by atoms with Crippen molar-refractivity contribution in [2.24, 2.45) is 0 Å². The van der Waals surface area contributed by atoms with E-state index in [9.17, 15) is 9.59 Å². The van der Waals surface area contributed by atoms with E-state index in [0.717, 1.165) is 0 Å². The van der Waals surface area contributed by atoms with Gasteiger partial charge in [0.2, 0.25) is 0 Å². The number of likely N-dealkylation sites (tertiary alicyclic amines) is 1. The van der Waals surface area contributed by atoms with Crippen LogP contribution in [0, 0.1) is 0 Å². The third-order valence-corrected chi connectivity index (χ3v) is 3.07. The summed E-state index contributed by atoms with van der Waals surface area (Å²) < 4.78 is 5.34. The molecule has 1 rings (SSSR count). The number of hydrogen-bond acceptors (Lipinski definition) is 3. The van der Waals surface area contributed by atoms with E-state index < -0.39 is 23.7 Å². The lowest BCUT2D eigenvalue weighted by Gasteiger charge is -2.26. The average Bonchev–Trinajstić information content (AvgIpc) is 2.44. The fraction of sp³-hybridized carbons (Fsp3) is 0.800. The Balaban J connectivity index is 2.71. The highest BCUT2D eigenvalue weighted by atomic mass is 127. The van der Waals surface area contributed by atoms with E-state index in [2.05, 4.69) is 22.6 Å². The number of halogens is 1. The molecule has 0 spiro atoms. The van der Waals surface area contributed by atoms with E-state index in [4.69, 9.17) is 9.84 Å². The second-order valence-corrected chi connectivity index (χ2v) is 6.58. The number of hydrogen-bond donors (Lipinski definition) is 1. The molecular weight excluding hydrogens is 325 g/mol. The molecule has 0 aromatic rings. The van der Waals surface area contributed by atoms with Crippen LogP contribution in [0.1, 0.15) is 27.2 Å². The van der Waals surface area contributed by atoms with Gasteiger partial charge in [0.15, 0.2) is 0 Å². The van der Waals surface area contributed by atoms with Crippen LogP contribution in [0.15, 0.2) is 0 Å². The Morgan fingerprint density at radius 3 is 2.44 bits per heavy atom. The maximum absolute atomic E-state index is 11.8. The van der Waals surface area contributed by atoms with Crippen molar-refractivity contribution in [3.05, 3.63) is 0 Å². The highest BCUT2D eigenvalue weighted by molar-refractivity contribution is 14.1. The van der Waals surface area contributed by atoms with Crippen LogP contribution in [0.3, 0.4) is 0 Å². The van der Waals surface area contributed by atoms with Crippen LogP contribution in [0.5, 0.6) is 0 Å². The first-order valence-corrected chi connectivity index (χ1v) is 6.32. The molecule has 1 fully saturated rings. The van der Waals surface area contributed by atoms with Crippen molar-refractivity contribution in [3.8, 4) is 0 Å². The van der Waals surface area contributed by atoms with E-state index in [1.54, 1.807) is 20.8 Å². The van der Waals surface area contributed by atoms with Gasteiger partial charge in [0.05, 0.1) is 0 Å². The molecular formula is C10H16INO4. The first-order valence-electron chi connectivity index (χ1n) is 5.07. The third kappa shape index (κ3) is 3.50. The Morgan fingerprint density at radius 2 is 2.00 bits per heavy atom. The fourth-order valence-electron chi connectivity index (χ4n) is 1.54. The summed E-state index contributed by atoms with van der Waals surface area (Å²) in [5.74, 6) is -0.968. The molecule has 0 bridgehead atoms. The molecule has 1 N–H and O–H groups in total. The summed E-state index contributed by atoms with van der Waals surface area (Å²) in [6.45, 7) is 5.72. The van der Waals surface area contributed by atoms with Gasteiger partial charge in [-0.25, -0.2) is 9.59 Å². The SMILES string of the molecule is CC(C)(C)OC(=O)N1CC(I)CC1C(=O)O. The number of carbonyl (C=O) groups excluding carboxylic acids is 1. The lowest BCUT2D eigenvalue weighted by atomic mass is 10.2. The van der Waals surface area contributed by atoms with Crippen LogP contribution in [-0.4, -0.2) is 44.2 Å². The van der Waals surface area contributed by atoms with Crippen LogP contribution >= 0.6 is 22.6 Å². The largest absolute Gasteiger partial charge is 0.480 e. The second kappa shape index (κ2) is 4.77. The highest BCUT2D eigenvalue weighted by Gasteiger charge is 2.40. The molecule has 1 heterocycles. The number of amides is 1. The van der Waals surface area contributed by atoms with Crippen molar-refractivity contribution in [1.82, 2.24) is 4.90 Å². The van der Waals surface area contributed by atoms with E-state index in [-0.39, 0.29) is 3.92 Å². The van der Waals surface area contributed by atoms with Crippen molar-refractivity contribution in [3.63, 3.8) is 0 Å². The van der Waals surface area contributed by atoms with Gasteiger partial charge in [-0.05, 0) is 27.2 Å². The van der Waals surface area contributed by atoms with E-state index in [0.29, 0.717) is 13.0 Å². The smallest absolute Gasteiger partial charge is 0.411 e. The molecule has 1 saturated heterocycles. The lowest BCUT2D eigenvalue weighted by Crippen LogP contribution is -2.43. The van der Waals surface area contributed by atoms with Gasteiger partial charge in [0, 0.05) is 10.5 Å². The number of nitrogens with zero attached hydrogens (tertiary/aromatic N) is 1. The molecule has 0 aromatic carbocycles. The quantitative estimate of drug-likeness (QED) is 0.584. The van der Waals surface area contributed by atoms with E-state index in [1.807, 2.05) is 0 Å². The van der Waals surface area contributed by atoms with Crippen LogP contribution in [0.25, 0.3) is 0 Å². The van der Waals surface area contributed by atoms with Gasteiger partial charge in [-0.1, -0.05) is 22.6 Å². The molecule has 16 heavy (non-hydrogen) atoms. The van der Waals surface area contributed by atoms with Gasteiger partial charge in [-0.3, -0.25) is 4.90 Å². The first-order chi connectivity index (χ1) is 7.20. The first kappa shape index (κ1) is 13.5. The minimum absolute atomic E-state index is 0.172. The molecule has 2 unspecified atom stereocenters. The van der Waals surface area contributed by atoms with Crippen molar-refractivity contribution in [2.45, 2.75) is 42.8 Å². The normalized spacial score (nSPS) is 25.6. The minimum Gasteiger partial charge on any atom is -0.480 e. The molecule has 2 atom stereocenters. The molecule has 92 valence electrons. The van der Waals surface area contributed by atoms with Crippen molar-refractivity contribution >= 4 is 34.7 Å². The summed E-state index contributed by atoms with van der Waals surface area (Å²) >= 11 is 2.15. The predicted octanol–water partition coefficient (Wildman–Crippen LogP) is 1.88. The Morgan fingerprint density at radius 1 is 1.44 bits per heavy atom. The number of carbonyl (C=O) groups is 2. The Hall–Kier alpha value is -0.530. The maximum atomic E-state index is 11.8. The number of carboxylic acid groups (broad SMARTS) is 1. The number of ether oxygens (including phenoxy) is 1. The van der Waals surface area contributed by atoms with Crippen molar-refractivity contribution < 1.29 is 19.4 Å². The van der Waals surface area contributed by atoms with Gasteiger partial charge in [-0.2, -0.15) is 0 Å². The number of aliphatic carboxylic acids is 1. The van der Waals surface area contributed by atoms with Crippen LogP contribution < -0.4 is 0 Å². The number of alkyl halides is 1. The van der Waals surface area contributed by atoms with Crippen LogP contribution in [-0.2, 0) is 9.53 Å². The summed E-state index contributed by atoms with van der Waals surface area (Å²) in [4.78, 5) is 24.0. The number of rotatable bonds is 1. The lowest BCUT2D eigenvalue weighted by molar-refractivity contribution is -0.142. The highest BCUT2D eigenvalue weighted by Crippen LogP contribution is 2.25. The zero-order chi connectivity index (χ0) is 12.5. The Labute approximate surface area is 108 Å². The molecule has 0 aliphatic carbocycles. The van der Waals surface area contributed by atoms with Gasteiger partial charge in [0.25, 0.3) is 0 Å². The molecule has 1 aliphatic rings. The molecule has 0 radical (unpaired) electrons. The molecule has 1 amide bonds. The van der Waals surface area contributed by atoms with Gasteiger partial charge < -0.3 is 9.84 Å². The molecule has 1 aliphatic heterocycles. The fourth-order valence-corrected chi connectivity index (χ4v) is 2.45. The van der Waals surface area contributed by atoms with Gasteiger partial charge >= 0.3 is 12.1 Å². The van der Waals surface area contributed by atoms with Gasteiger partial charge in [0.1, 0.15) is 11.6 Å². The van der Waals surface area contributed by atoms with Crippen molar-refractivity contribution in [1.29, 1.82) is 0 Å². The summed E-state index contributed by atoms with van der Waals surface area (Å²) in [5.41, 5.74) is -0.594. The summed E-state index contributed by atoms with van der Waals surface area (Å²) in [5, 5.41) is 9.00. The Bertz CT molecular complexity index is 300. The average molecular weight is 341 g/mol. The standard InChI is InChI=1S/C10H16INO4/c1-10(2,3)16-9(15)12-5-6(11)4-7(12)8(13)14/h6-7H,4-5H2,1-3H3,(H,13,14). The van der Waals surface area contributed by atoms with E-state index >= 15 is 0 Å². The molecule has 5 nitrogen and oxygen atoms in total. The van der Waals surface area contributed by atoms with Crippen LogP contribution in [0.2, 0.25) is 0 Å². The van der Waals surface area contributed by atoms with Crippen molar-refractivity contribution in [2.75, 3.05) is 6.54 Å². The maximum Gasteiger partial charge on any atom is 0.411 e. The minimum atomic E-state index is -0.968. The van der Waals surface area contributed by atoms with Gasteiger partial charge in [-0.15, -0.1) is 0 Å². The zero-order valence-corrected chi connectivity index (χ0v) is 11.7. The third-order valence-electron chi connectivity index (χ3n) is 2.16. The van der Waals surface area contributed by atoms with Crippen LogP contribution in [0.4, 0.5) is 4.79 Å². The summed E-state index contributed by atoms with van der Waals surface area (Å²) in [6.07, 6.45) is -0.0612. The molecule has 6 heteroatoms. The zero-order valence-electron chi connectivity index (χ0n) is 9.57. The topological polar surface area (TPSA) is 66.8 Å². The molecule has 0 saturated carbocycles. The Kier molecular flexibility index (Phi) is 4.03. The summed E-state index contributed by atoms with van der Waals surface area (Å²) in [6, 6.07) is -0.753.